The van der Waals surface area contributed by atoms with E-state index >= 15 is 0 Å². The first-order chi connectivity index (χ1) is 14.1. The largest absolute Gasteiger partial charge is 0.496 e. The molecule has 0 fully saturated rings. The molecule has 150 valence electrons. The fourth-order valence-corrected chi connectivity index (χ4v) is 3.19. The lowest BCUT2D eigenvalue weighted by Crippen LogP contribution is -2.33. The summed E-state index contributed by atoms with van der Waals surface area (Å²) in [5, 5.41) is 6.37. The Labute approximate surface area is 171 Å². The highest BCUT2D eigenvalue weighted by atomic mass is 16.5. The van der Waals surface area contributed by atoms with E-state index < -0.39 is 6.04 Å². The highest BCUT2D eigenvalue weighted by Gasteiger charge is 2.22. The summed E-state index contributed by atoms with van der Waals surface area (Å²) in [6.07, 6.45) is 0. The molecule has 5 nitrogen and oxygen atoms in total. The maximum Gasteiger partial charge on any atom is 0.246 e. The molecule has 0 saturated carbocycles. The average Bonchev–Trinajstić information content (AvgIpc) is 2.75. The van der Waals surface area contributed by atoms with Crippen molar-refractivity contribution in [2.75, 3.05) is 19.5 Å². The van der Waals surface area contributed by atoms with Crippen molar-refractivity contribution in [1.29, 1.82) is 0 Å². The summed E-state index contributed by atoms with van der Waals surface area (Å²) in [6.45, 7) is 2.46. The van der Waals surface area contributed by atoms with Crippen LogP contribution in [0.4, 0.5) is 5.69 Å². The molecule has 1 amide bonds. The Bertz CT molecular complexity index is 957. The van der Waals surface area contributed by atoms with Crippen molar-refractivity contribution in [1.82, 2.24) is 5.32 Å². The summed E-state index contributed by atoms with van der Waals surface area (Å²) in [6, 6.07) is 22.6. The Morgan fingerprint density at radius 3 is 2.31 bits per heavy atom. The van der Waals surface area contributed by atoms with Crippen LogP contribution in [0, 0.1) is 6.92 Å². The predicted octanol–water partition coefficient (Wildman–Crippen LogP) is 4.48. The minimum atomic E-state index is -0.536. The number of hydrogen-bond acceptors (Lipinski definition) is 4. The second-order valence-electron chi connectivity index (χ2n) is 6.73. The number of ether oxygens (including phenoxy) is 2. The highest BCUT2D eigenvalue weighted by Crippen LogP contribution is 2.27. The zero-order valence-corrected chi connectivity index (χ0v) is 16.9. The first kappa shape index (κ1) is 20.4. The van der Waals surface area contributed by atoms with Gasteiger partial charge in [-0.2, -0.15) is 0 Å². The number of aryl methyl sites for hydroxylation is 1. The number of nitrogens with one attached hydrogen (secondary N) is 2. The summed E-state index contributed by atoms with van der Waals surface area (Å²) >= 11 is 0. The fraction of sp³-hybridized carbons (Fsp3) is 0.208. The van der Waals surface area contributed by atoms with E-state index in [1.54, 1.807) is 14.2 Å². The van der Waals surface area contributed by atoms with Crippen molar-refractivity contribution >= 4 is 11.6 Å². The zero-order valence-electron chi connectivity index (χ0n) is 16.9. The lowest BCUT2D eigenvalue weighted by molar-refractivity contribution is -0.118. The molecule has 0 spiro atoms. The Kier molecular flexibility index (Phi) is 6.87. The molecule has 0 aliphatic heterocycles. The van der Waals surface area contributed by atoms with Crippen LogP contribution in [0.15, 0.2) is 72.8 Å². The lowest BCUT2D eigenvalue weighted by Gasteiger charge is -2.21. The topological polar surface area (TPSA) is 59.6 Å². The average molecular weight is 390 g/mol. The van der Waals surface area contributed by atoms with Crippen LogP contribution in [0.3, 0.4) is 0 Å². The van der Waals surface area contributed by atoms with E-state index in [9.17, 15) is 4.79 Å². The van der Waals surface area contributed by atoms with Crippen molar-refractivity contribution in [2.24, 2.45) is 0 Å². The van der Waals surface area contributed by atoms with Crippen molar-refractivity contribution in [2.45, 2.75) is 19.5 Å². The first-order valence-corrected chi connectivity index (χ1v) is 9.48. The Balaban J connectivity index is 1.84. The Morgan fingerprint density at radius 2 is 1.59 bits per heavy atom. The molecule has 0 radical (unpaired) electrons. The molecule has 0 heterocycles. The quantitative estimate of drug-likeness (QED) is 0.595. The molecular weight excluding hydrogens is 364 g/mol. The van der Waals surface area contributed by atoms with Crippen LogP contribution in [0.25, 0.3) is 0 Å². The Morgan fingerprint density at radius 1 is 0.897 bits per heavy atom. The molecule has 0 unspecified atom stereocenters. The van der Waals surface area contributed by atoms with Gasteiger partial charge in [-0.1, -0.05) is 54.6 Å². The molecule has 3 aromatic rings. The second-order valence-corrected chi connectivity index (χ2v) is 6.73. The minimum Gasteiger partial charge on any atom is -0.496 e. The smallest absolute Gasteiger partial charge is 0.246 e. The van der Waals surface area contributed by atoms with Gasteiger partial charge in [0.15, 0.2) is 0 Å². The highest BCUT2D eigenvalue weighted by molar-refractivity contribution is 5.96. The molecule has 0 saturated heterocycles. The van der Waals surface area contributed by atoms with Gasteiger partial charge in [0.1, 0.15) is 17.5 Å². The third-order valence-electron chi connectivity index (χ3n) is 4.70. The maximum atomic E-state index is 13.2. The van der Waals surface area contributed by atoms with Crippen LogP contribution < -0.4 is 20.1 Å². The number of benzene rings is 3. The maximum absolute atomic E-state index is 13.2. The zero-order chi connectivity index (χ0) is 20.6. The van der Waals surface area contributed by atoms with Crippen molar-refractivity contribution in [3.8, 4) is 11.5 Å². The van der Waals surface area contributed by atoms with Gasteiger partial charge >= 0.3 is 0 Å². The summed E-state index contributed by atoms with van der Waals surface area (Å²) in [5.74, 6) is 1.25. The molecular formula is C24H26N2O3. The van der Waals surface area contributed by atoms with Gasteiger partial charge in [0.25, 0.3) is 0 Å². The van der Waals surface area contributed by atoms with Gasteiger partial charge in [-0.05, 0) is 36.2 Å². The number of carbonyl (C=O) groups is 1. The SMILES string of the molecule is COc1ccccc1CN[C@@H](C(=O)Nc1cc(C)ccc1OC)c1ccccc1. The van der Waals surface area contributed by atoms with Crippen LogP contribution in [-0.2, 0) is 11.3 Å². The molecule has 3 aromatic carbocycles. The Hall–Kier alpha value is -3.31. The molecule has 2 N–H and O–H groups in total. The van der Waals surface area contributed by atoms with Crippen molar-refractivity contribution < 1.29 is 14.3 Å². The van der Waals surface area contributed by atoms with Crippen LogP contribution >= 0.6 is 0 Å². The number of rotatable bonds is 8. The monoisotopic (exact) mass is 390 g/mol. The first-order valence-electron chi connectivity index (χ1n) is 9.48. The van der Waals surface area contributed by atoms with Crippen LogP contribution in [-0.4, -0.2) is 20.1 Å². The van der Waals surface area contributed by atoms with E-state index in [2.05, 4.69) is 10.6 Å². The van der Waals surface area contributed by atoms with Gasteiger partial charge in [0.05, 0.1) is 19.9 Å². The molecule has 0 aliphatic carbocycles. The predicted molar refractivity (Wildman–Crippen MR) is 115 cm³/mol. The van der Waals surface area contributed by atoms with Crippen LogP contribution in [0.2, 0.25) is 0 Å². The third kappa shape index (κ3) is 5.15. The third-order valence-corrected chi connectivity index (χ3v) is 4.70. The van der Waals surface area contributed by atoms with Crippen LogP contribution in [0.1, 0.15) is 22.7 Å². The van der Waals surface area contributed by atoms with Gasteiger partial charge in [0.2, 0.25) is 5.91 Å². The summed E-state index contributed by atoms with van der Waals surface area (Å²) in [7, 11) is 3.24. The molecule has 0 aromatic heterocycles. The van der Waals surface area contributed by atoms with Crippen LogP contribution in [0.5, 0.6) is 11.5 Å². The van der Waals surface area contributed by atoms with Gasteiger partial charge in [-0.25, -0.2) is 0 Å². The van der Waals surface area contributed by atoms with E-state index in [-0.39, 0.29) is 5.91 Å². The van der Waals surface area contributed by atoms with E-state index in [0.29, 0.717) is 18.0 Å². The van der Waals surface area contributed by atoms with Gasteiger partial charge in [-0.15, -0.1) is 0 Å². The van der Waals surface area contributed by atoms with Gasteiger partial charge < -0.3 is 14.8 Å². The summed E-state index contributed by atoms with van der Waals surface area (Å²) < 4.78 is 10.8. The summed E-state index contributed by atoms with van der Waals surface area (Å²) in [5.41, 5.74) is 3.56. The number of amides is 1. The molecule has 5 heteroatoms. The number of carbonyl (C=O) groups excluding carboxylic acids is 1. The van der Waals surface area contributed by atoms with E-state index in [1.807, 2.05) is 79.7 Å². The van der Waals surface area contributed by atoms with E-state index in [4.69, 9.17) is 9.47 Å². The number of para-hydroxylation sites is 1. The normalized spacial score (nSPS) is 11.6. The number of methoxy groups -OCH3 is 2. The van der Waals surface area contributed by atoms with E-state index in [1.165, 1.54) is 0 Å². The standard InChI is InChI=1S/C24H26N2O3/c1-17-13-14-22(29-3)20(15-17)26-24(27)23(18-9-5-4-6-10-18)25-16-19-11-7-8-12-21(19)28-2/h4-15,23,25H,16H2,1-3H3,(H,26,27)/t23-/m1/s1. The molecule has 29 heavy (non-hydrogen) atoms. The molecule has 3 rings (SSSR count). The summed E-state index contributed by atoms with van der Waals surface area (Å²) in [4.78, 5) is 13.2. The van der Waals surface area contributed by atoms with Crippen molar-refractivity contribution in [3.05, 3.63) is 89.5 Å². The second kappa shape index (κ2) is 9.75. The fourth-order valence-electron chi connectivity index (χ4n) is 3.19. The molecule has 1 atom stereocenters. The molecule has 0 aliphatic rings. The number of hydrogen-bond donors (Lipinski definition) is 2. The minimum absolute atomic E-state index is 0.157. The van der Waals surface area contributed by atoms with E-state index in [0.717, 1.165) is 22.4 Å². The molecule has 0 bridgehead atoms. The lowest BCUT2D eigenvalue weighted by atomic mass is 10.0. The van der Waals surface area contributed by atoms with Gasteiger partial charge in [0, 0.05) is 12.1 Å². The van der Waals surface area contributed by atoms with Crippen molar-refractivity contribution in [3.63, 3.8) is 0 Å². The van der Waals surface area contributed by atoms with Gasteiger partial charge in [-0.3, -0.25) is 10.1 Å². The number of anilines is 1.